The van der Waals surface area contributed by atoms with Gasteiger partial charge in [0.05, 0.1) is 11.4 Å². The Kier molecular flexibility index (Phi) is 4.42. The van der Waals surface area contributed by atoms with Gasteiger partial charge in [-0.1, -0.05) is 6.92 Å². The van der Waals surface area contributed by atoms with E-state index in [1.165, 1.54) is 0 Å². The number of nitrogens with two attached hydrogens (primary N) is 1. The summed E-state index contributed by atoms with van der Waals surface area (Å²) < 4.78 is 5.85. The molecular formula is C16H19N3O2. The molecule has 3 N–H and O–H groups in total. The Morgan fingerprint density at radius 3 is 2.71 bits per heavy atom. The fourth-order valence-electron chi connectivity index (χ4n) is 1.97. The van der Waals surface area contributed by atoms with Crippen molar-refractivity contribution in [3.63, 3.8) is 0 Å². The summed E-state index contributed by atoms with van der Waals surface area (Å²) in [6.45, 7) is 3.95. The molecule has 0 aliphatic heterocycles. The third-order valence-corrected chi connectivity index (χ3v) is 3.13. The Morgan fingerprint density at radius 1 is 1.29 bits per heavy atom. The van der Waals surface area contributed by atoms with E-state index in [1.807, 2.05) is 26.0 Å². The molecule has 0 spiro atoms. The first-order valence-electron chi connectivity index (χ1n) is 6.81. The SMILES string of the molecule is CCc1nc(C)ccc1Oc1cc(C(=O)NC)ccc1N. The summed E-state index contributed by atoms with van der Waals surface area (Å²) in [6, 6.07) is 8.70. The average molecular weight is 285 g/mol. The summed E-state index contributed by atoms with van der Waals surface area (Å²) in [5.74, 6) is 0.929. The zero-order valence-electron chi connectivity index (χ0n) is 12.4. The van der Waals surface area contributed by atoms with Crippen molar-refractivity contribution in [3.8, 4) is 11.5 Å². The lowest BCUT2D eigenvalue weighted by Gasteiger charge is -2.13. The van der Waals surface area contributed by atoms with Crippen molar-refractivity contribution in [1.82, 2.24) is 10.3 Å². The van der Waals surface area contributed by atoms with Crippen molar-refractivity contribution in [2.24, 2.45) is 0 Å². The van der Waals surface area contributed by atoms with Crippen LogP contribution in [0, 0.1) is 6.92 Å². The summed E-state index contributed by atoms with van der Waals surface area (Å²) in [5, 5.41) is 2.57. The van der Waals surface area contributed by atoms with E-state index >= 15 is 0 Å². The molecule has 2 aromatic rings. The molecule has 0 saturated carbocycles. The normalized spacial score (nSPS) is 10.2. The summed E-state index contributed by atoms with van der Waals surface area (Å²) in [5.41, 5.74) is 8.70. The van der Waals surface area contributed by atoms with E-state index in [2.05, 4.69) is 10.3 Å². The molecule has 1 aromatic carbocycles. The maximum absolute atomic E-state index is 11.7. The van der Waals surface area contributed by atoms with E-state index in [0.717, 1.165) is 17.8 Å². The second-order valence-electron chi connectivity index (χ2n) is 4.68. The minimum atomic E-state index is -0.183. The zero-order valence-corrected chi connectivity index (χ0v) is 12.4. The number of anilines is 1. The molecule has 21 heavy (non-hydrogen) atoms. The number of nitrogen functional groups attached to an aromatic ring is 1. The Balaban J connectivity index is 2.37. The number of carbonyl (C=O) groups excluding carboxylic acids is 1. The molecule has 2 rings (SSSR count). The second-order valence-corrected chi connectivity index (χ2v) is 4.68. The maximum atomic E-state index is 11.7. The van der Waals surface area contributed by atoms with Crippen LogP contribution in [0.15, 0.2) is 30.3 Å². The highest BCUT2D eigenvalue weighted by Gasteiger charge is 2.11. The Labute approximate surface area is 124 Å². The number of ether oxygens (including phenoxy) is 1. The molecule has 1 aromatic heterocycles. The number of aryl methyl sites for hydroxylation is 2. The quantitative estimate of drug-likeness (QED) is 0.847. The van der Waals surface area contributed by atoms with Gasteiger partial charge in [-0.25, -0.2) is 0 Å². The van der Waals surface area contributed by atoms with Gasteiger partial charge in [-0.15, -0.1) is 0 Å². The topological polar surface area (TPSA) is 77.2 Å². The van der Waals surface area contributed by atoms with Crippen molar-refractivity contribution in [2.75, 3.05) is 12.8 Å². The van der Waals surface area contributed by atoms with Crippen LogP contribution in [0.4, 0.5) is 5.69 Å². The summed E-state index contributed by atoms with van der Waals surface area (Å²) in [6.07, 6.45) is 0.756. The largest absolute Gasteiger partial charge is 0.453 e. The zero-order chi connectivity index (χ0) is 15.4. The summed E-state index contributed by atoms with van der Waals surface area (Å²) >= 11 is 0. The van der Waals surface area contributed by atoms with Crippen LogP contribution in [0.5, 0.6) is 11.5 Å². The molecule has 0 bridgehead atoms. The molecule has 1 amide bonds. The molecule has 1 heterocycles. The predicted molar refractivity (Wildman–Crippen MR) is 82.7 cm³/mol. The second kappa shape index (κ2) is 6.26. The van der Waals surface area contributed by atoms with Crippen LogP contribution in [0.25, 0.3) is 0 Å². The number of carbonyl (C=O) groups is 1. The van der Waals surface area contributed by atoms with Crippen LogP contribution in [0.1, 0.15) is 28.7 Å². The van der Waals surface area contributed by atoms with Crippen LogP contribution in [0.2, 0.25) is 0 Å². The van der Waals surface area contributed by atoms with E-state index < -0.39 is 0 Å². The fraction of sp³-hybridized carbons (Fsp3) is 0.250. The van der Waals surface area contributed by atoms with Crippen molar-refractivity contribution >= 4 is 11.6 Å². The average Bonchev–Trinajstić information content (AvgIpc) is 2.50. The minimum Gasteiger partial charge on any atom is -0.453 e. The van der Waals surface area contributed by atoms with Crippen LogP contribution < -0.4 is 15.8 Å². The highest BCUT2D eigenvalue weighted by molar-refractivity contribution is 5.95. The van der Waals surface area contributed by atoms with Gasteiger partial charge in [0.25, 0.3) is 5.91 Å². The molecule has 0 aliphatic rings. The summed E-state index contributed by atoms with van der Waals surface area (Å²) in [7, 11) is 1.58. The molecule has 110 valence electrons. The number of pyridine rings is 1. The van der Waals surface area contributed by atoms with Gasteiger partial charge >= 0.3 is 0 Å². The van der Waals surface area contributed by atoms with E-state index in [4.69, 9.17) is 10.5 Å². The van der Waals surface area contributed by atoms with Gasteiger partial charge in [-0.05, 0) is 43.7 Å². The Bertz CT molecular complexity index is 669. The maximum Gasteiger partial charge on any atom is 0.251 e. The minimum absolute atomic E-state index is 0.183. The van der Waals surface area contributed by atoms with E-state index in [-0.39, 0.29) is 5.91 Å². The van der Waals surface area contributed by atoms with Gasteiger partial charge in [0, 0.05) is 18.3 Å². The lowest BCUT2D eigenvalue weighted by Crippen LogP contribution is -2.17. The number of hydrogen-bond donors (Lipinski definition) is 2. The first-order valence-corrected chi connectivity index (χ1v) is 6.81. The molecule has 0 atom stereocenters. The Hall–Kier alpha value is -2.56. The molecular weight excluding hydrogens is 266 g/mol. The smallest absolute Gasteiger partial charge is 0.251 e. The third-order valence-electron chi connectivity index (χ3n) is 3.13. The highest BCUT2D eigenvalue weighted by atomic mass is 16.5. The molecule has 5 heteroatoms. The standard InChI is InChI=1S/C16H19N3O2/c1-4-13-14(8-5-10(2)19-13)21-15-9-11(16(20)18-3)6-7-12(15)17/h5-9H,4,17H2,1-3H3,(H,18,20). The van der Waals surface area contributed by atoms with Crippen molar-refractivity contribution in [2.45, 2.75) is 20.3 Å². The molecule has 0 unspecified atom stereocenters. The number of benzene rings is 1. The van der Waals surface area contributed by atoms with Gasteiger partial charge in [0.15, 0.2) is 5.75 Å². The van der Waals surface area contributed by atoms with Gasteiger partial charge < -0.3 is 15.8 Å². The van der Waals surface area contributed by atoms with Crippen molar-refractivity contribution in [1.29, 1.82) is 0 Å². The number of hydrogen-bond acceptors (Lipinski definition) is 4. The number of amides is 1. The first kappa shape index (κ1) is 14.8. The fourth-order valence-corrected chi connectivity index (χ4v) is 1.97. The monoisotopic (exact) mass is 285 g/mol. The van der Waals surface area contributed by atoms with Crippen molar-refractivity contribution in [3.05, 3.63) is 47.3 Å². The number of nitrogens with zero attached hydrogens (tertiary/aromatic N) is 1. The Morgan fingerprint density at radius 2 is 2.05 bits per heavy atom. The number of nitrogens with one attached hydrogen (secondary N) is 1. The van der Waals surface area contributed by atoms with Gasteiger partial charge in [0.1, 0.15) is 5.75 Å². The summed E-state index contributed by atoms with van der Waals surface area (Å²) in [4.78, 5) is 16.1. The van der Waals surface area contributed by atoms with Crippen LogP contribution in [-0.2, 0) is 6.42 Å². The first-order chi connectivity index (χ1) is 10.0. The van der Waals surface area contributed by atoms with Crippen molar-refractivity contribution < 1.29 is 9.53 Å². The van der Waals surface area contributed by atoms with E-state index in [9.17, 15) is 4.79 Å². The predicted octanol–water partition coefficient (Wildman–Crippen LogP) is 2.69. The van der Waals surface area contributed by atoms with Gasteiger partial charge in [-0.3, -0.25) is 9.78 Å². The van der Waals surface area contributed by atoms with Crippen LogP contribution >= 0.6 is 0 Å². The van der Waals surface area contributed by atoms with E-state index in [1.54, 1.807) is 25.2 Å². The van der Waals surface area contributed by atoms with Gasteiger partial charge in [0.2, 0.25) is 0 Å². The van der Waals surface area contributed by atoms with E-state index in [0.29, 0.717) is 22.7 Å². The molecule has 0 radical (unpaired) electrons. The third kappa shape index (κ3) is 3.31. The highest BCUT2D eigenvalue weighted by Crippen LogP contribution is 2.30. The number of aromatic nitrogens is 1. The lowest BCUT2D eigenvalue weighted by atomic mass is 10.1. The lowest BCUT2D eigenvalue weighted by molar-refractivity contribution is 0.0963. The molecule has 0 aliphatic carbocycles. The molecule has 0 fully saturated rings. The molecule has 5 nitrogen and oxygen atoms in total. The molecule has 0 saturated heterocycles. The number of rotatable bonds is 4. The van der Waals surface area contributed by atoms with Crippen LogP contribution in [0.3, 0.4) is 0 Å². The van der Waals surface area contributed by atoms with Gasteiger partial charge in [-0.2, -0.15) is 0 Å². The van der Waals surface area contributed by atoms with Crippen LogP contribution in [-0.4, -0.2) is 17.9 Å².